The molecule has 0 aliphatic carbocycles. The Bertz CT molecular complexity index is 697. The van der Waals surface area contributed by atoms with E-state index in [-0.39, 0.29) is 5.91 Å². The second-order valence-corrected chi connectivity index (χ2v) is 5.78. The average Bonchev–Trinajstić information content (AvgIpc) is 3.01. The number of aliphatic carboxylic acids is 1. The number of carboxylic acids is 1. The van der Waals surface area contributed by atoms with Crippen molar-refractivity contribution in [1.29, 1.82) is 0 Å². The minimum atomic E-state index is -1.01. The Hall–Kier alpha value is -1.85. The van der Waals surface area contributed by atoms with Crippen molar-refractivity contribution in [2.24, 2.45) is 0 Å². The number of anilines is 1. The minimum Gasteiger partial charge on any atom is -0.480 e. The topological polar surface area (TPSA) is 57.6 Å². The van der Waals surface area contributed by atoms with Gasteiger partial charge in [-0.2, -0.15) is 0 Å². The fourth-order valence-electron chi connectivity index (χ4n) is 2.39. The summed E-state index contributed by atoms with van der Waals surface area (Å²) in [7, 11) is 0. The highest BCUT2D eigenvalue weighted by Crippen LogP contribution is 2.35. The summed E-state index contributed by atoms with van der Waals surface area (Å²) in [6, 6.07) is 7.99. The van der Waals surface area contributed by atoms with Gasteiger partial charge in [0.2, 0.25) is 0 Å². The molecular weight excluding hydrogens is 298 g/mol. The van der Waals surface area contributed by atoms with Crippen LogP contribution in [0.5, 0.6) is 0 Å². The molecule has 6 heteroatoms. The molecule has 1 aromatic carbocycles. The molecule has 4 nitrogen and oxygen atoms in total. The number of carboxylic acid groups (broad SMARTS) is 1. The van der Waals surface area contributed by atoms with E-state index in [4.69, 9.17) is 11.6 Å². The standard InChI is InChI=1S/C14H10ClNO3S/c15-9-5-6-20-12(9)13(17)16-10-4-2-1-3-8(10)7-11(16)14(18)19/h1-6,11H,7H2,(H,18,19)/t11-/m0/s1. The van der Waals surface area contributed by atoms with Crippen molar-refractivity contribution in [3.8, 4) is 0 Å². The molecule has 20 heavy (non-hydrogen) atoms. The number of benzene rings is 1. The molecule has 0 saturated heterocycles. The van der Waals surface area contributed by atoms with Gasteiger partial charge in [-0.05, 0) is 23.1 Å². The Morgan fingerprint density at radius 3 is 2.70 bits per heavy atom. The van der Waals surface area contributed by atoms with Crippen molar-refractivity contribution in [2.45, 2.75) is 12.5 Å². The summed E-state index contributed by atoms with van der Waals surface area (Å²) in [5.74, 6) is -1.37. The van der Waals surface area contributed by atoms with Crippen molar-refractivity contribution >= 4 is 40.5 Å². The zero-order chi connectivity index (χ0) is 14.3. The molecular formula is C14H10ClNO3S. The Morgan fingerprint density at radius 2 is 2.05 bits per heavy atom. The molecule has 1 aliphatic rings. The van der Waals surface area contributed by atoms with Crippen LogP contribution in [0.1, 0.15) is 15.2 Å². The van der Waals surface area contributed by atoms with E-state index >= 15 is 0 Å². The van der Waals surface area contributed by atoms with Crippen LogP contribution in [0.3, 0.4) is 0 Å². The summed E-state index contributed by atoms with van der Waals surface area (Å²) >= 11 is 7.20. The highest BCUT2D eigenvalue weighted by atomic mass is 35.5. The maximum Gasteiger partial charge on any atom is 0.327 e. The number of halogens is 1. The van der Waals surface area contributed by atoms with Gasteiger partial charge in [-0.25, -0.2) is 4.79 Å². The number of hydrogen-bond donors (Lipinski definition) is 1. The third-order valence-electron chi connectivity index (χ3n) is 3.29. The number of fused-ring (bicyclic) bond motifs is 1. The van der Waals surface area contributed by atoms with Crippen LogP contribution in [0, 0.1) is 0 Å². The lowest BCUT2D eigenvalue weighted by Gasteiger charge is -2.22. The van der Waals surface area contributed by atoms with Crippen LogP contribution < -0.4 is 4.90 Å². The molecule has 1 aromatic heterocycles. The van der Waals surface area contributed by atoms with Crippen molar-refractivity contribution < 1.29 is 14.7 Å². The molecule has 1 atom stereocenters. The van der Waals surface area contributed by atoms with Gasteiger partial charge in [0.25, 0.3) is 5.91 Å². The van der Waals surface area contributed by atoms with Crippen molar-refractivity contribution in [3.05, 3.63) is 51.2 Å². The molecule has 0 unspecified atom stereocenters. The molecule has 0 fully saturated rings. The predicted octanol–water partition coefficient (Wildman–Crippen LogP) is 3.06. The van der Waals surface area contributed by atoms with Gasteiger partial charge in [0.05, 0.1) is 5.02 Å². The molecule has 1 amide bonds. The number of thiophene rings is 1. The third-order valence-corrected chi connectivity index (χ3v) is 4.62. The monoisotopic (exact) mass is 307 g/mol. The first-order valence-corrected chi connectivity index (χ1v) is 7.22. The van der Waals surface area contributed by atoms with Gasteiger partial charge in [0.15, 0.2) is 0 Å². The number of carbonyl (C=O) groups excluding carboxylic acids is 1. The first kappa shape index (κ1) is 13.1. The van der Waals surface area contributed by atoms with E-state index in [1.807, 2.05) is 12.1 Å². The van der Waals surface area contributed by atoms with Gasteiger partial charge in [-0.3, -0.25) is 9.69 Å². The van der Waals surface area contributed by atoms with Gasteiger partial charge in [0, 0.05) is 12.1 Å². The maximum atomic E-state index is 12.6. The number of hydrogen-bond acceptors (Lipinski definition) is 3. The van der Waals surface area contributed by atoms with E-state index < -0.39 is 12.0 Å². The Morgan fingerprint density at radius 1 is 1.30 bits per heavy atom. The Kier molecular flexibility index (Phi) is 3.23. The number of para-hydroxylation sites is 1. The van der Waals surface area contributed by atoms with E-state index in [2.05, 4.69) is 0 Å². The number of amides is 1. The van der Waals surface area contributed by atoms with Crippen LogP contribution in [0.15, 0.2) is 35.7 Å². The van der Waals surface area contributed by atoms with Gasteiger partial charge in [-0.15, -0.1) is 11.3 Å². The van der Waals surface area contributed by atoms with Gasteiger partial charge >= 0.3 is 5.97 Å². The normalized spacial score (nSPS) is 17.1. The molecule has 0 radical (unpaired) electrons. The summed E-state index contributed by atoms with van der Waals surface area (Å²) in [4.78, 5) is 25.7. The Balaban J connectivity index is 2.07. The zero-order valence-corrected chi connectivity index (χ0v) is 11.8. The largest absolute Gasteiger partial charge is 0.480 e. The molecule has 3 rings (SSSR count). The maximum absolute atomic E-state index is 12.6. The molecule has 0 bridgehead atoms. The highest BCUT2D eigenvalue weighted by molar-refractivity contribution is 7.12. The summed E-state index contributed by atoms with van der Waals surface area (Å²) in [5.41, 5.74) is 1.51. The van der Waals surface area contributed by atoms with Crippen molar-refractivity contribution in [2.75, 3.05) is 4.90 Å². The summed E-state index contributed by atoms with van der Waals surface area (Å²) in [6.45, 7) is 0. The molecule has 1 aliphatic heterocycles. The van der Waals surface area contributed by atoms with Gasteiger partial charge < -0.3 is 5.11 Å². The van der Waals surface area contributed by atoms with Crippen LogP contribution in [0.2, 0.25) is 5.02 Å². The van der Waals surface area contributed by atoms with Crippen LogP contribution >= 0.6 is 22.9 Å². The lowest BCUT2D eigenvalue weighted by atomic mass is 10.1. The first-order chi connectivity index (χ1) is 9.59. The third kappa shape index (κ3) is 1.99. The fourth-order valence-corrected chi connectivity index (χ4v) is 3.46. The number of rotatable bonds is 2. The molecule has 0 spiro atoms. The second kappa shape index (κ2) is 4.92. The smallest absolute Gasteiger partial charge is 0.327 e. The predicted molar refractivity (Wildman–Crippen MR) is 77.7 cm³/mol. The van der Waals surface area contributed by atoms with Crippen molar-refractivity contribution in [3.63, 3.8) is 0 Å². The summed E-state index contributed by atoms with van der Waals surface area (Å²) < 4.78 is 0. The second-order valence-electron chi connectivity index (χ2n) is 4.46. The molecule has 2 aromatic rings. The van der Waals surface area contributed by atoms with Crippen LogP contribution in [-0.4, -0.2) is 23.0 Å². The summed E-state index contributed by atoms with van der Waals surface area (Å²) in [6.07, 6.45) is 0.320. The fraction of sp³-hybridized carbons (Fsp3) is 0.143. The zero-order valence-electron chi connectivity index (χ0n) is 10.2. The van der Waals surface area contributed by atoms with Gasteiger partial charge in [-0.1, -0.05) is 29.8 Å². The average molecular weight is 308 g/mol. The lowest BCUT2D eigenvalue weighted by Crippen LogP contribution is -2.42. The van der Waals surface area contributed by atoms with Crippen LogP contribution in [0.4, 0.5) is 5.69 Å². The van der Waals surface area contributed by atoms with Crippen LogP contribution in [0.25, 0.3) is 0 Å². The minimum absolute atomic E-state index is 0.320. The van der Waals surface area contributed by atoms with Gasteiger partial charge in [0.1, 0.15) is 10.9 Å². The molecule has 2 heterocycles. The van der Waals surface area contributed by atoms with Crippen molar-refractivity contribution in [1.82, 2.24) is 0 Å². The van der Waals surface area contributed by atoms with E-state index in [1.165, 1.54) is 16.2 Å². The van der Waals surface area contributed by atoms with E-state index in [0.29, 0.717) is 22.0 Å². The van der Waals surface area contributed by atoms with Crippen LogP contribution in [-0.2, 0) is 11.2 Å². The quantitative estimate of drug-likeness (QED) is 0.927. The van der Waals surface area contributed by atoms with E-state index in [9.17, 15) is 14.7 Å². The Labute approximate surface area is 124 Å². The number of nitrogens with zero attached hydrogens (tertiary/aromatic N) is 1. The summed E-state index contributed by atoms with van der Waals surface area (Å²) in [5, 5.41) is 11.4. The molecule has 0 saturated carbocycles. The molecule has 1 N–H and O–H groups in total. The highest BCUT2D eigenvalue weighted by Gasteiger charge is 2.39. The van der Waals surface area contributed by atoms with E-state index in [1.54, 1.807) is 23.6 Å². The molecule has 102 valence electrons. The van der Waals surface area contributed by atoms with E-state index in [0.717, 1.165) is 5.56 Å². The first-order valence-electron chi connectivity index (χ1n) is 5.97. The SMILES string of the molecule is O=C(O)[C@@H]1Cc2ccccc2N1C(=O)c1sccc1Cl. The lowest BCUT2D eigenvalue weighted by molar-refractivity contribution is -0.138. The number of carbonyl (C=O) groups is 2.